The molecule has 1 aromatic rings. The Hall–Kier alpha value is -1.65. The molecule has 86 valence electrons. The maximum Gasteiger partial charge on any atom is 0.316 e. The Labute approximate surface area is 93.8 Å². The lowest BCUT2D eigenvalue weighted by atomic mass is 10.3. The van der Waals surface area contributed by atoms with Crippen LogP contribution in [-0.4, -0.2) is 23.0 Å². The SMILES string of the molecule is COc1nc(C)cc(COC(=O)C2CC2)n1. The van der Waals surface area contributed by atoms with Gasteiger partial charge in [-0.15, -0.1) is 0 Å². The van der Waals surface area contributed by atoms with Crippen LogP contribution in [-0.2, 0) is 16.1 Å². The summed E-state index contributed by atoms with van der Waals surface area (Å²) in [6.07, 6.45) is 1.90. The Morgan fingerprint density at radius 1 is 1.50 bits per heavy atom. The Kier molecular flexibility index (Phi) is 3.03. The van der Waals surface area contributed by atoms with Gasteiger partial charge in [0.05, 0.1) is 18.7 Å². The number of hydrogen-bond donors (Lipinski definition) is 0. The minimum Gasteiger partial charge on any atom is -0.467 e. The summed E-state index contributed by atoms with van der Waals surface area (Å²) in [6, 6.07) is 2.08. The highest BCUT2D eigenvalue weighted by Gasteiger charge is 2.31. The summed E-state index contributed by atoms with van der Waals surface area (Å²) >= 11 is 0. The first-order valence-corrected chi connectivity index (χ1v) is 5.24. The van der Waals surface area contributed by atoms with Crippen molar-refractivity contribution in [1.82, 2.24) is 9.97 Å². The van der Waals surface area contributed by atoms with Gasteiger partial charge < -0.3 is 9.47 Å². The summed E-state index contributed by atoms with van der Waals surface area (Å²) in [7, 11) is 1.51. The molecule has 0 spiro atoms. The van der Waals surface area contributed by atoms with E-state index in [2.05, 4.69) is 9.97 Å². The molecule has 0 saturated heterocycles. The maximum atomic E-state index is 11.3. The highest BCUT2D eigenvalue weighted by Crippen LogP contribution is 2.30. The molecule has 5 heteroatoms. The number of hydrogen-bond acceptors (Lipinski definition) is 5. The van der Waals surface area contributed by atoms with E-state index in [4.69, 9.17) is 9.47 Å². The van der Waals surface area contributed by atoms with Crippen LogP contribution in [0.5, 0.6) is 6.01 Å². The fourth-order valence-electron chi connectivity index (χ4n) is 1.35. The van der Waals surface area contributed by atoms with Gasteiger partial charge in [-0.2, -0.15) is 4.98 Å². The van der Waals surface area contributed by atoms with Crippen LogP contribution in [0.25, 0.3) is 0 Å². The van der Waals surface area contributed by atoms with Crippen LogP contribution in [0.2, 0.25) is 0 Å². The molecule has 0 unspecified atom stereocenters. The van der Waals surface area contributed by atoms with Gasteiger partial charge >= 0.3 is 12.0 Å². The first-order chi connectivity index (χ1) is 7.69. The van der Waals surface area contributed by atoms with Crippen molar-refractivity contribution in [1.29, 1.82) is 0 Å². The minimum atomic E-state index is -0.129. The molecule has 1 aliphatic carbocycles. The molecule has 1 saturated carbocycles. The van der Waals surface area contributed by atoms with Crippen LogP contribution in [0.1, 0.15) is 24.2 Å². The highest BCUT2D eigenvalue weighted by atomic mass is 16.5. The molecule has 0 aliphatic heterocycles. The van der Waals surface area contributed by atoms with Crippen molar-refractivity contribution in [2.75, 3.05) is 7.11 Å². The van der Waals surface area contributed by atoms with Gasteiger partial charge in [0.15, 0.2) is 0 Å². The number of methoxy groups -OCH3 is 1. The van der Waals surface area contributed by atoms with Crippen LogP contribution in [0, 0.1) is 12.8 Å². The molecule has 0 bridgehead atoms. The lowest BCUT2D eigenvalue weighted by molar-refractivity contribution is -0.146. The normalized spacial score (nSPS) is 14.6. The second-order valence-electron chi connectivity index (χ2n) is 3.87. The second kappa shape index (κ2) is 4.47. The molecule has 0 N–H and O–H groups in total. The lowest BCUT2D eigenvalue weighted by Crippen LogP contribution is -2.08. The van der Waals surface area contributed by atoms with Crippen molar-refractivity contribution in [2.24, 2.45) is 5.92 Å². The number of nitrogens with zero attached hydrogens (tertiary/aromatic N) is 2. The average Bonchev–Trinajstić information content (AvgIpc) is 3.08. The standard InChI is InChI=1S/C11H14N2O3/c1-7-5-9(13-11(12-7)15-2)6-16-10(14)8-3-4-8/h5,8H,3-4,6H2,1-2H3. The summed E-state index contributed by atoms with van der Waals surface area (Å²) in [4.78, 5) is 19.5. The van der Waals surface area contributed by atoms with Crippen molar-refractivity contribution < 1.29 is 14.3 Å². The van der Waals surface area contributed by atoms with Crippen LogP contribution >= 0.6 is 0 Å². The van der Waals surface area contributed by atoms with Gasteiger partial charge in [0.2, 0.25) is 0 Å². The average molecular weight is 222 g/mol. The number of carbonyl (C=O) groups is 1. The number of carbonyl (C=O) groups excluding carboxylic acids is 1. The van der Waals surface area contributed by atoms with Gasteiger partial charge in [-0.25, -0.2) is 4.98 Å². The Morgan fingerprint density at radius 2 is 2.25 bits per heavy atom. The third-order valence-corrected chi connectivity index (χ3v) is 2.34. The van der Waals surface area contributed by atoms with E-state index in [0.29, 0.717) is 11.7 Å². The number of ether oxygens (including phenoxy) is 2. The van der Waals surface area contributed by atoms with E-state index < -0.39 is 0 Å². The summed E-state index contributed by atoms with van der Waals surface area (Å²) in [5.74, 6) is -0.0138. The van der Waals surface area contributed by atoms with Gasteiger partial charge in [0.1, 0.15) is 6.61 Å². The zero-order chi connectivity index (χ0) is 11.5. The fourth-order valence-corrected chi connectivity index (χ4v) is 1.35. The first-order valence-electron chi connectivity index (χ1n) is 5.24. The van der Waals surface area contributed by atoms with E-state index >= 15 is 0 Å². The predicted molar refractivity (Wildman–Crippen MR) is 55.8 cm³/mol. The summed E-state index contributed by atoms with van der Waals surface area (Å²) < 4.78 is 10.1. The zero-order valence-corrected chi connectivity index (χ0v) is 9.40. The molecule has 1 fully saturated rings. The maximum absolute atomic E-state index is 11.3. The molecule has 1 heterocycles. The van der Waals surface area contributed by atoms with E-state index in [1.165, 1.54) is 7.11 Å². The number of esters is 1. The molecule has 0 radical (unpaired) electrons. The zero-order valence-electron chi connectivity index (χ0n) is 9.40. The van der Waals surface area contributed by atoms with Gasteiger partial charge in [0.25, 0.3) is 0 Å². The summed E-state index contributed by atoms with van der Waals surface area (Å²) in [6.45, 7) is 2.03. The summed E-state index contributed by atoms with van der Waals surface area (Å²) in [5.41, 5.74) is 1.46. The van der Waals surface area contributed by atoms with E-state index in [1.807, 2.05) is 6.92 Å². The quantitative estimate of drug-likeness (QED) is 0.717. The van der Waals surface area contributed by atoms with E-state index in [9.17, 15) is 4.79 Å². The molecule has 0 amide bonds. The van der Waals surface area contributed by atoms with E-state index in [0.717, 1.165) is 18.5 Å². The molecule has 2 rings (SSSR count). The molecule has 16 heavy (non-hydrogen) atoms. The molecule has 1 aliphatic rings. The first kappa shape index (κ1) is 10.9. The Morgan fingerprint density at radius 3 is 2.88 bits per heavy atom. The number of aryl methyl sites for hydroxylation is 1. The molecule has 0 aromatic carbocycles. The van der Waals surface area contributed by atoms with Gasteiger partial charge in [-0.05, 0) is 25.8 Å². The lowest BCUT2D eigenvalue weighted by Gasteiger charge is -2.05. The summed E-state index contributed by atoms with van der Waals surface area (Å²) in [5, 5.41) is 0. The highest BCUT2D eigenvalue weighted by molar-refractivity contribution is 5.74. The van der Waals surface area contributed by atoms with Crippen molar-refractivity contribution in [3.63, 3.8) is 0 Å². The number of aromatic nitrogens is 2. The van der Waals surface area contributed by atoms with Crippen molar-refractivity contribution in [3.05, 3.63) is 17.5 Å². The molecular formula is C11H14N2O3. The molecular weight excluding hydrogens is 208 g/mol. The van der Waals surface area contributed by atoms with Gasteiger partial charge in [0, 0.05) is 5.69 Å². The number of rotatable bonds is 4. The van der Waals surface area contributed by atoms with Crippen LogP contribution in [0.3, 0.4) is 0 Å². The monoisotopic (exact) mass is 222 g/mol. The van der Waals surface area contributed by atoms with E-state index in [1.54, 1.807) is 6.07 Å². The fraction of sp³-hybridized carbons (Fsp3) is 0.545. The molecule has 0 atom stereocenters. The third kappa shape index (κ3) is 2.68. The van der Waals surface area contributed by atoms with Crippen molar-refractivity contribution >= 4 is 5.97 Å². The van der Waals surface area contributed by atoms with E-state index in [-0.39, 0.29) is 18.5 Å². The van der Waals surface area contributed by atoms with Crippen LogP contribution in [0.15, 0.2) is 6.07 Å². The molecule has 1 aromatic heterocycles. The van der Waals surface area contributed by atoms with Crippen molar-refractivity contribution in [2.45, 2.75) is 26.4 Å². The van der Waals surface area contributed by atoms with Crippen LogP contribution < -0.4 is 4.74 Å². The third-order valence-electron chi connectivity index (χ3n) is 2.34. The van der Waals surface area contributed by atoms with Crippen LogP contribution in [0.4, 0.5) is 0 Å². The van der Waals surface area contributed by atoms with Gasteiger partial charge in [-0.3, -0.25) is 4.79 Å². The van der Waals surface area contributed by atoms with Gasteiger partial charge in [-0.1, -0.05) is 0 Å². The van der Waals surface area contributed by atoms with Crippen molar-refractivity contribution in [3.8, 4) is 6.01 Å². The molecule has 5 nitrogen and oxygen atoms in total. The largest absolute Gasteiger partial charge is 0.467 e. The second-order valence-corrected chi connectivity index (χ2v) is 3.87. The predicted octanol–water partition coefficient (Wildman–Crippen LogP) is 1.25. The Balaban J connectivity index is 1.97. The minimum absolute atomic E-state index is 0.116. The Bertz CT molecular complexity index is 402. The topological polar surface area (TPSA) is 61.3 Å². The smallest absolute Gasteiger partial charge is 0.316 e.